The van der Waals surface area contributed by atoms with Gasteiger partial charge in [-0.25, -0.2) is 14.4 Å². The molecule has 2 aliphatic rings. The number of carbonyl (C=O) groups excluding carboxylic acids is 3. The third kappa shape index (κ3) is 4.00. The fourth-order valence-electron chi connectivity index (χ4n) is 3.19. The summed E-state index contributed by atoms with van der Waals surface area (Å²) in [6, 6.07) is 0. The lowest BCUT2D eigenvalue weighted by Gasteiger charge is -2.29. The molecule has 3 rings (SSSR count). The Morgan fingerprint density at radius 3 is 2.63 bits per heavy atom. The topological polar surface area (TPSA) is 90.9 Å². The van der Waals surface area contributed by atoms with Crippen molar-refractivity contribution in [2.45, 2.75) is 52.7 Å². The van der Waals surface area contributed by atoms with Crippen molar-refractivity contribution in [1.29, 1.82) is 0 Å². The van der Waals surface area contributed by atoms with Gasteiger partial charge in [-0.2, -0.15) is 0 Å². The van der Waals surface area contributed by atoms with Gasteiger partial charge >= 0.3 is 17.9 Å². The van der Waals surface area contributed by atoms with Crippen molar-refractivity contribution in [3.8, 4) is 0 Å². The molecular weight excluding hydrogens is 370 g/mol. The lowest BCUT2D eigenvalue weighted by molar-refractivity contribution is -0.222. The molecule has 1 aliphatic heterocycles. The number of cyclic esters (lactones) is 2. The van der Waals surface area contributed by atoms with E-state index in [1.807, 2.05) is 0 Å². The monoisotopic (exact) mass is 393 g/mol. The van der Waals surface area contributed by atoms with Crippen molar-refractivity contribution < 1.29 is 28.6 Å². The Balaban J connectivity index is 1.91. The van der Waals surface area contributed by atoms with E-state index in [9.17, 15) is 14.4 Å². The molecular formula is C19H23NO6S. The lowest BCUT2D eigenvalue weighted by Crippen LogP contribution is -2.42. The Labute approximate surface area is 161 Å². The van der Waals surface area contributed by atoms with E-state index in [2.05, 4.69) is 12.2 Å². The molecule has 8 heteroatoms. The van der Waals surface area contributed by atoms with Gasteiger partial charge in [-0.05, 0) is 37.7 Å². The Morgan fingerprint density at radius 1 is 1.33 bits per heavy atom. The van der Waals surface area contributed by atoms with Crippen molar-refractivity contribution in [3.05, 3.63) is 27.8 Å². The second-order valence-electron chi connectivity index (χ2n) is 7.16. The summed E-state index contributed by atoms with van der Waals surface area (Å²) in [6.07, 6.45) is 3.94. The van der Waals surface area contributed by atoms with Crippen LogP contribution in [0.3, 0.4) is 0 Å². The van der Waals surface area contributed by atoms with Crippen LogP contribution < -0.4 is 5.32 Å². The third-order valence-electron chi connectivity index (χ3n) is 4.46. The molecule has 1 aromatic rings. The van der Waals surface area contributed by atoms with Gasteiger partial charge in [0.05, 0.1) is 12.2 Å². The number of ether oxygens (including phenoxy) is 3. The number of esters is 3. The molecule has 0 saturated carbocycles. The average molecular weight is 393 g/mol. The van der Waals surface area contributed by atoms with E-state index in [1.54, 1.807) is 6.92 Å². The molecule has 0 bridgehead atoms. The maximum Gasteiger partial charge on any atom is 0.350 e. The minimum Gasteiger partial charge on any atom is -0.462 e. The fraction of sp³-hybridized carbons (Fsp3) is 0.526. The number of hydrogen-bond donors (Lipinski definition) is 1. The van der Waals surface area contributed by atoms with Gasteiger partial charge in [-0.3, -0.25) is 0 Å². The van der Waals surface area contributed by atoms with Crippen molar-refractivity contribution in [2.24, 2.45) is 5.92 Å². The highest BCUT2D eigenvalue weighted by atomic mass is 32.1. The maximum atomic E-state index is 12.5. The highest BCUT2D eigenvalue weighted by Gasteiger charge is 2.39. The molecule has 0 spiro atoms. The van der Waals surface area contributed by atoms with Crippen LogP contribution in [0.25, 0.3) is 0 Å². The average Bonchev–Trinajstić information content (AvgIpc) is 2.90. The van der Waals surface area contributed by atoms with E-state index in [4.69, 9.17) is 14.2 Å². The van der Waals surface area contributed by atoms with Crippen LogP contribution >= 0.6 is 11.3 Å². The minimum absolute atomic E-state index is 0.246. The molecule has 1 unspecified atom stereocenters. The number of thiophene rings is 1. The largest absolute Gasteiger partial charge is 0.462 e. The first-order chi connectivity index (χ1) is 12.7. The first kappa shape index (κ1) is 19.4. The Morgan fingerprint density at radius 2 is 2.00 bits per heavy atom. The van der Waals surface area contributed by atoms with Crippen LogP contribution in [0.1, 0.15) is 54.9 Å². The van der Waals surface area contributed by atoms with E-state index in [1.165, 1.54) is 31.4 Å². The number of fused-ring (bicyclic) bond motifs is 1. The molecule has 146 valence electrons. The molecule has 2 heterocycles. The molecule has 0 aromatic carbocycles. The lowest BCUT2D eigenvalue weighted by atomic mass is 9.88. The summed E-state index contributed by atoms with van der Waals surface area (Å²) in [7, 11) is 0. The molecule has 27 heavy (non-hydrogen) atoms. The van der Waals surface area contributed by atoms with E-state index in [-0.39, 0.29) is 12.2 Å². The van der Waals surface area contributed by atoms with E-state index < -0.39 is 23.7 Å². The number of nitrogens with one attached hydrogen (secondary N) is 1. The molecule has 1 atom stereocenters. The normalized spacial score (nSPS) is 21.0. The first-order valence-electron chi connectivity index (χ1n) is 8.97. The first-order valence-corrected chi connectivity index (χ1v) is 9.78. The second-order valence-corrected chi connectivity index (χ2v) is 8.26. The zero-order chi connectivity index (χ0) is 19.8. The van der Waals surface area contributed by atoms with Gasteiger partial charge in [0, 0.05) is 24.9 Å². The van der Waals surface area contributed by atoms with Crippen LogP contribution in [-0.4, -0.2) is 30.3 Å². The van der Waals surface area contributed by atoms with Crippen molar-refractivity contribution in [2.75, 3.05) is 11.9 Å². The summed E-state index contributed by atoms with van der Waals surface area (Å²) < 4.78 is 15.4. The molecule has 1 saturated heterocycles. The maximum absolute atomic E-state index is 12.5. The van der Waals surface area contributed by atoms with Gasteiger partial charge in [-0.1, -0.05) is 6.92 Å². The predicted molar refractivity (Wildman–Crippen MR) is 99.4 cm³/mol. The summed E-state index contributed by atoms with van der Waals surface area (Å²) in [4.78, 5) is 37.8. The van der Waals surface area contributed by atoms with E-state index in [0.29, 0.717) is 16.5 Å². The van der Waals surface area contributed by atoms with Crippen molar-refractivity contribution in [3.63, 3.8) is 0 Å². The molecule has 0 amide bonds. The van der Waals surface area contributed by atoms with E-state index in [0.717, 1.165) is 29.7 Å². The quantitative estimate of drug-likeness (QED) is 0.477. The molecule has 1 fully saturated rings. The summed E-state index contributed by atoms with van der Waals surface area (Å²) in [5.74, 6) is -2.68. The summed E-state index contributed by atoms with van der Waals surface area (Å²) >= 11 is 1.45. The van der Waals surface area contributed by atoms with Gasteiger partial charge < -0.3 is 19.5 Å². The van der Waals surface area contributed by atoms with Crippen LogP contribution in [0, 0.1) is 5.92 Å². The number of carbonyl (C=O) groups is 3. The molecule has 1 N–H and O–H groups in total. The van der Waals surface area contributed by atoms with Gasteiger partial charge in [0.1, 0.15) is 5.00 Å². The van der Waals surface area contributed by atoms with Gasteiger partial charge in [-0.15, -0.1) is 11.3 Å². The fourth-order valence-corrected chi connectivity index (χ4v) is 4.56. The summed E-state index contributed by atoms with van der Waals surface area (Å²) in [5, 5.41) is 3.50. The zero-order valence-corrected chi connectivity index (χ0v) is 16.7. The van der Waals surface area contributed by atoms with Gasteiger partial charge in [0.25, 0.3) is 5.79 Å². The van der Waals surface area contributed by atoms with Gasteiger partial charge in [0.2, 0.25) is 0 Å². The molecule has 0 radical (unpaired) electrons. The SMILES string of the molecule is CCOC(=O)c1c(NC=C2C(=O)OC(C)(C)OC2=O)sc2c1CCC(C)C2. The standard InChI is InChI=1S/C19H23NO6S/c1-5-24-18(23)14-11-7-6-10(2)8-13(11)27-15(14)20-9-12-16(21)25-19(3,4)26-17(12)22/h9-10,20H,5-8H2,1-4H3. The third-order valence-corrected chi connectivity index (χ3v) is 5.64. The van der Waals surface area contributed by atoms with Crippen LogP contribution in [0.4, 0.5) is 5.00 Å². The number of hydrogen-bond acceptors (Lipinski definition) is 8. The zero-order valence-electron chi connectivity index (χ0n) is 15.8. The Bertz CT molecular complexity index is 800. The molecule has 7 nitrogen and oxygen atoms in total. The van der Waals surface area contributed by atoms with Crippen molar-refractivity contribution >= 4 is 34.2 Å². The van der Waals surface area contributed by atoms with Crippen LogP contribution in [0.5, 0.6) is 0 Å². The van der Waals surface area contributed by atoms with Gasteiger partial charge in [0.15, 0.2) is 5.57 Å². The Hall–Kier alpha value is -2.35. The Kier molecular flexibility index (Phi) is 5.28. The summed E-state index contributed by atoms with van der Waals surface area (Å²) in [5.41, 5.74) is 1.23. The van der Waals surface area contributed by atoms with Crippen LogP contribution in [0.15, 0.2) is 11.8 Å². The van der Waals surface area contributed by atoms with Crippen LogP contribution in [0.2, 0.25) is 0 Å². The summed E-state index contributed by atoms with van der Waals surface area (Å²) in [6.45, 7) is 7.18. The smallest absolute Gasteiger partial charge is 0.350 e. The highest BCUT2D eigenvalue weighted by Crippen LogP contribution is 2.40. The minimum atomic E-state index is -1.29. The highest BCUT2D eigenvalue weighted by molar-refractivity contribution is 7.16. The second kappa shape index (κ2) is 7.34. The number of rotatable bonds is 4. The predicted octanol–water partition coefficient (Wildman–Crippen LogP) is 3.18. The van der Waals surface area contributed by atoms with E-state index >= 15 is 0 Å². The van der Waals surface area contributed by atoms with Crippen molar-refractivity contribution in [1.82, 2.24) is 0 Å². The molecule has 1 aliphatic carbocycles. The number of anilines is 1. The molecule has 1 aromatic heterocycles. The van der Waals surface area contributed by atoms with Crippen LogP contribution in [-0.2, 0) is 36.6 Å².